The van der Waals surface area contributed by atoms with Crippen molar-refractivity contribution in [2.24, 2.45) is 0 Å². The minimum absolute atomic E-state index is 0.0301. The van der Waals surface area contributed by atoms with Gasteiger partial charge >= 0.3 is 0 Å². The maximum absolute atomic E-state index is 10.1. The summed E-state index contributed by atoms with van der Waals surface area (Å²) >= 11 is 0. The highest BCUT2D eigenvalue weighted by Gasteiger charge is 2.16. The van der Waals surface area contributed by atoms with Crippen LogP contribution < -0.4 is 0 Å². The molecule has 0 aromatic rings. The van der Waals surface area contributed by atoms with Crippen LogP contribution in [0.15, 0.2) is 0 Å². The van der Waals surface area contributed by atoms with Gasteiger partial charge in [-0.25, -0.2) is 8.42 Å². The second-order valence-electron chi connectivity index (χ2n) is 7.02. The minimum atomic E-state index is -4.48. The standard InChI is InChI=1S/C12H26O4S.C8H20N/c1-2-3-4-5-6-7-8-9-10-11-12-16-17(13,14)15;1-5-9(6-2,7-3)8-4/h2-12H2,1H3,(H,13,14,15);5-8H2,1-4H3/q;+1/p-1. The summed E-state index contributed by atoms with van der Waals surface area (Å²) in [6.45, 7) is 16.5. The Kier molecular flexibility index (Phi) is 19.6. The molecule has 0 spiro atoms. The number of unbranched alkanes of at least 4 members (excludes halogenated alkanes) is 9. The molecule has 0 fully saturated rings. The minimum Gasteiger partial charge on any atom is -0.726 e. The molecular formula is C20H45NO4S. The molecule has 0 rings (SSSR count). The van der Waals surface area contributed by atoms with Gasteiger partial charge in [0.1, 0.15) is 0 Å². The van der Waals surface area contributed by atoms with E-state index in [1.165, 1.54) is 75.6 Å². The van der Waals surface area contributed by atoms with Crippen molar-refractivity contribution in [1.29, 1.82) is 0 Å². The SMILES string of the molecule is CCCCCCCCCCCCOS(=O)(=O)[O-].CC[N+](CC)(CC)CC. The van der Waals surface area contributed by atoms with Crippen molar-refractivity contribution in [3.8, 4) is 0 Å². The van der Waals surface area contributed by atoms with E-state index in [0.717, 1.165) is 12.8 Å². The lowest BCUT2D eigenvalue weighted by Gasteiger charge is -2.34. The number of hydrogen-bond donors (Lipinski definition) is 0. The topological polar surface area (TPSA) is 66.4 Å². The highest BCUT2D eigenvalue weighted by molar-refractivity contribution is 7.80. The largest absolute Gasteiger partial charge is 0.726 e. The second-order valence-corrected chi connectivity index (χ2v) is 8.07. The summed E-state index contributed by atoms with van der Waals surface area (Å²) in [6, 6.07) is 0. The molecule has 160 valence electrons. The molecule has 6 heteroatoms. The summed E-state index contributed by atoms with van der Waals surface area (Å²) in [5, 5.41) is 0. The number of nitrogens with zero attached hydrogens (tertiary/aromatic N) is 1. The Hall–Kier alpha value is -0.170. The Morgan fingerprint density at radius 1 is 0.654 bits per heavy atom. The van der Waals surface area contributed by atoms with Crippen LogP contribution in [0.3, 0.4) is 0 Å². The van der Waals surface area contributed by atoms with E-state index in [1.807, 2.05) is 0 Å². The number of hydrogen-bond acceptors (Lipinski definition) is 4. The van der Waals surface area contributed by atoms with Crippen LogP contribution in [0.5, 0.6) is 0 Å². The molecule has 0 aromatic carbocycles. The van der Waals surface area contributed by atoms with Gasteiger partial charge in [-0.2, -0.15) is 0 Å². The van der Waals surface area contributed by atoms with Crippen molar-refractivity contribution < 1.29 is 21.6 Å². The van der Waals surface area contributed by atoms with Crippen LogP contribution >= 0.6 is 0 Å². The summed E-state index contributed by atoms with van der Waals surface area (Å²) in [5.41, 5.74) is 0. The molecule has 0 aliphatic rings. The van der Waals surface area contributed by atoms with E-state index in [4.69, 9.17) is 0 Å². The van der Waals surface area contributed by atoms with Gasteiger partial charge in [-0.05, 0) is 34.1 Å². The molecule has 0 amide bonds. The molecule has 0 saturated heterocycles. The van der Waals surface area contributed by atoms with Gasteiger partial charge in [-0.1, -0.05) is 64.7 Å². The van der Waals surface area contributed by atoms with Gasteiger partial charge in [0.2, 0.25) is 10.4 Å². The fourth-order valence-electron chi connectivity index (χ4n) is 3.09. The van der Waals surface area contributed by atoms with E-state index in [1.54, 1.807) is 0 Å². The van der Waals surface area contributed by atoms with Gasteiger partial charge in [0.15, 0.2) is 0 Å². The maximum Gasteiger partial charge on any atom is 0.217 e. The number of rotatable bonds is 16. The molecule has 0 saturated carbocycles. The molecule has 0 bridgehead atoms. The van der Waals surface area contributed by atoms with Crippen LogP contribution in [0.4, 0.5) is 0 Å². The van der Waals surface area contributed by atoms with Crippen LogP contribution in [0, 0.1) is 0 Å². The molecule has 0 N–H and O–H groups in total. The first-order chi connectivity index (χ1) is 12.3. The van der Waals surface area contributed by atoms with Crippen LogP contribution in [0.25, 0.3) is 0 Å². The van der Waals surface area contributed by atoms with Gasteiger partial charge in [0.25, 0.3) is 0 Å². The van der Waals surface area contributed by atoms with Crippen molar-refractivity contribution in [3.63, 3.8) is 0 Å². The van der Waals surface area contributed by atoms with Crippen LogP contribution in [-0.2, 0) is 14.6 Å². The Bertz CT molecular complexity index is 364. The van der Waals surface area contributed by atoms with Crippen molar-refractivity contribution in [2.75, 3.05) is 32.8 Å². The normalized spacial score (nSPS) is 11.9. The van der Waals surface area contributed by atoms with E-state index >= 15 is 0 Å². The van der Waals surface area contributed by atoms with Gasteiger partial charge in [-0.3, -0.25) is 4.18 Å². The highest BCUT2D eigenvalue weighted by Crippen LogP contribution is 2.10. The third-order valence-electron chi connectivity index (χ3n) is 5.41. The summed E-state index contributed by atoms with van der Waals surface area (Å²) in [7, 11) is -4.48. The predicted molar refractivity (Wildman–Crippen MR) is 110 cm³/mol. The van der Waals surface area contributed by atoms with Gasteiger partial charge < -0.3 is 9.04 Å². The fourth-order valence-corrected chi connectivity index (χ4v) is 3.41. The lowest BCUT2D eigenvalue weighted by molar-refractivity contribution is -0.921. The first-order valence-electron chi connectivity index (χ1n) is 10.8. The molecule has 0 heterocycles. The van der Waals surface area contributed by atoms with Gasteiger partial charge in [0, 0.05) is 0 Å². The van der Waals surface area contributed by atoms with Crippen molar-refractivity contribution in [3.05, 3.63) is 0 Å². The zero-order valence-electron chi connectivity index (χ0n) is 18.1. The van der Waals surface area contributed by atoms with E-state index < -0.39 is 10.4 Å². The van der Waals surface area contributed by atoms with Crippen LogP contribution in [0.1, 0.15) is 98.8 Å². The second kappa shape index (κ2) is 18.2. The Morgan fingerprint density at radius 2 is 1.00 bits per heavy atom. The third-order valence-corrected chi connectivity index (χ3v) is 5.86. The molecule has 0 unspecified atom stereocenters. The zero-order valence-corrected chi connectivity index (χ0v) is 18.9. The third kappa shape index (κ3) is 18.6. The average Bonchev–Trinajstić information content (AvgIpc) is 2.62. The maximum atomic E-state index is 10.1. The molecule has 0 aliphatic carbocycles. The van der Waals surface area contributed by atoms with Crippen LogP contribution in [0.2, 0.25) is 0 Å². The molecule has 0 radical (unpaired) electrons. The van der Waals surface area contributed by atoms with Crippen molar-refractivity contribution in [2.45, 2.75) is 98.8 Å². The summed E-state index contributed by atoms with van der Waals surface area (Å²) in [5.74, 6) is 0. The summed E-state index contributed by atoms with van der Waals surface area (Å²) < 4.78 is 35.7. The summed E-state index contributed by atoms with van der Waals surface area (Å²) in [6.07, 6.45) is 11.7. The van der Waals surface area contributed by atoms with Crippen molar-refractivity contribution in [1.82, 2.24) is 0 Å². The quantitative estimate of drug-likeness (QED) is 0.155. The molecule has 0 aromatic heterocycles. The van der Waals surface area contributed by atoms with Gasteiger partial charge in [-0.15, -0.1) is 0 Å². The summed E-state index contributed by atoms with van der Waals surface area (Å²) in [4.78, 5) is 0. The monoisotopic (exact) mass is 395 g/mol. The molecule has 0 atom stereocenters. The van der Waals surface area contributed by atoms with E-state index in [0.29, 0.717) is 6.42 Å². The average molecular weight is 396 g/mol. The highest BCUT2D eigenvalue weighted by atomic mass is 32.3. The molecule has 5 nitrogen and oxygen atoms in total. The fraction of sp³-hybridized carbons (Fsp3) is 1.00. The predicted octanol–water partition coefficient (Wildman–Crippen LogP) is 5.27. The Labute approximate surface area is 164 Å². The molecule has 0 aliphatic heterocycles. The van der Waals surface area contributed by atoms with Crippen molar-refractivity contribution >= 4 is 10.4 Å². The van der Waals surface area contributed by atoms with E-state index in [-0.39, 0.29) is 6.61 Å². The lowest BCUT2D eigenvalue weighted by Crippen LogP contribution is -2.47. The van der Waals surface area contributed by atoms with Gasteiger partial charge in [0.05, 0.1) is 32.8 Å². The first kappa shape index (κ1) is 28.0. The molecule has 26 heavy (non-hydrogen) atoms. The first-order valence-corrected chi connectivity index (χ1v) is 12.1. The van der Waals surface area contributed by atoms with E-state index in [9.17, 15) is 13.0 Å². The number of quaternary nitrogens is 1. The Balaban J connectivity index is 0. The van der Waals surface area contributed by atoms with E-state index in [2.05, 4.69) is 38.8 Å². The Morgan fingerprint density at radius 3 is 1.27 bits per heavy atom. The lowest BCUT2D eigenvalue weighted by atomic mass is 10.1. The van der Waals surface area contributed by atoms with Crippen LogP contribution in [-0.4, -0.2) is 50.2 Å². The zero-order chi connectivity index (χ0) is 20.3. The smallest absolute Gasteiger partial charge is 0.217 e. The molecular weight excluding hydrogens is 350 g/mol.